The average molecular weight is 628 g/mol. The summed E-state index contributed by atoms with van der Waals surface area (Å²) < 4.78 is 35.8. The molecular weight excluding hydrogens is 595 g/mol. The normalized spacial score (nSPS) is 21.2. The highest BCUT2D eigenvalue weighted by Crippen LogP contribution is 2.58. The first kappa shape index (κ1) is 30.8. The van der Waals surface area contributed by atoms with Crippen LogP contribution in [-0.4, -0.2) is 31.1 Å². The Balaban J connectivity index is 1.78. The maximum atomic E-state index is 14.6. The van der Waals surface area contributed by atoms with E-state index in [4.69, 9.17) is 4.74 Å². The number of benzene rings is 4. The summed E-state index contributed by atoms with van der Waals surface area (Å²) in [5.74, 6) is -2.58. The van der Waals surface area contributed by atoms with Crippen molar-refractivity contribution in [2.24, 2.45) is 5.92 Å². The number of carbonyl (C=O) groups excluding carboxylic acids is 1. The molecule has 0 spiro atoms. The van der Waals surface area contributed by atoms with E-state index >= 15 is 0 Å². The van der Waals surface area contributed by atoms with Gasteiger partial charge in [-0.05, 0) is 60.7 Å². The quantitative estimate of drug-likeness (QED) is 0.219. The highest BCUT2D eigenvalue weighted by Gasteiger charge is 2.58. The van der Waals surface area contributed by atoms with E-state index in [1.807, 2.05) is 73.7 Å². The third-order valence-electron chi connectivity index (χ3n) is 8.86. The monoisotopic (exact) mass is 627 g/mol. The second kappa shape index (κ2) is 12.3. The van der Waals surface area contributed by atoms with Gasteiger partial charge in [0.25, 0.3) is 10.0 Å². The fourth-order valence-electron chi connectivity index (χ4n) is 6.74. The molecule has 0 bridgehead atoms. The Morgan fingerprint density at radius 2 is 1.52 bits per heavy atom. The van der Waals surface area contributed by atoms with E-state index in [9.17, 15) is 23.9 Å². The lowest BCUT2D eigenvalue weighted by molar-refractivity contribution is -0.139. The first-order valence-corrected chi connectivity index (χ1v) is 16.6. The first-order valence-electron chi connectivity index (χ1n) is 15.1. The molecule has 1 N–H and O–H groups in total. The molecule has 2 aliphatic rings. The smallest absolute Gasteiger partial charge is 0.334 e. The molecule has 0 aromatic heterocycles. The van der Waals surface area contributed by atoms with Gasteiger partial charge in [-0.25, -0.2) is 17.5 Å². The minimum Gasteiger partial charge on any atom is -0.463 e. The number of aryl methyl sites for hydroxylation is 1. The van der Waals surface area contributed by atoms with Gasteiger partial charge in [-0.1, -0.05) is 109 Å². The average Bonchev–Trinajstić information content (AvgIpc) is 3.08. The third-order valence-corrected chi connectivity index (χ3v) is 10.6. The molecule has 3 unspecified atom stereocenters. The first-order chi connectivity index (χ1) is 22.2. The number of hydrogen-bond donors (Lipinski definition) is 1. The van der Waals surface area contributed by atoms with Crippen LogP contribution in [0.2, 0.25) is 0 Å². The van der Waals surface area contributed by atoms with Crippen molar-refractivity contribution in [3.05, 3.63) is 155 Å². The van der Waals surface area contributed by atoms with Crippen molar-refractivity contribution >= 4 is 27.5 Å². The molecule has 7 nitrogen and oxygen atoms in total. The molecule has 46 heavy (non-hydrogen) atoms. The molecule has 3 atom stereocenters. The van der Waals surface area contributed by atoms with Gasteiger partial charge in [0.05, 0.1) is 23.3 Å². The Labute approximate surface area is 269 Å². The number of amidine groups is 1. The zero-order chi connectivity index (χ0) is 32.5. The highest BCUT2D eigenvalue weighted by atomic mass is 32.2. The van der Waals surface area contributed by atoms with E-state index in [0.717, 1.165) is 21.0 Å². The van der Waals surface area contributed by atoms with Gasteiger partial charge in [-0.3, -0.25) is 5.41 Å². The summed E-state index contributed by atoms with van der Waals surface area (Å²) >= 11 is 0. The predicted octanol–water partition coefficient (Wildman–Crippen LogP) is 7.14. The number of allylic oxidation sites excluding steroid dienone is 2. The summed E-state index contributed by atoms with van der Waals surface area (Å²) in [4.78, 5) is 13.7. The molecule has 1 aliphatic heterocycles. The van der Waals surface area contributed by atoms with Crippen molar-refractivity contribution in [3.8, 4) is 6.07 Å². The van der Waals surface area contributed by atoms with E-state index < -0.39 is 33.2 Å². The van der Waals surface area contributed by atoms with E-state index in [1.54, 1.807) is 49.4 Å². The van der Waals surface area contributed by atoms with Gasteiger partial charge in [0.15, 0.2) is 0 Å². The zero-order valence-electron chi connectivity index (χ0n) is 25.6. The Kier molecular flexibility index (Phi) is 8.20. The van der Waals surface area contributed by atoms with Crippen LogP contribution in [-0.2, 0) is 25.0 Å². The van der Waals surface area contributed by atoms with Gasteiger partial charge in [-0.15, -0.1) is 0 Å². The van der Waals surface area contributed by atoms with Gasteiger partial charge in [0.1, 0.15) is 11.8 Å². The van der Waals surface area contributed by atoms with Crippen molar-refractivity contribution < 1.29 is 17.9 Å². The van der Waals surface area contributed by atoms with Gasteiger partial charge >= 0.3 is 5.97 Å². The zero-order valence-corrected chi connectivity index (χ0v) is 26.4. The SMILES string of the molecule is CCOC(=O)C1=CC2=C(c3ccccc3)N(S(=O)(=O)c3ccc(C)cc3)C(=N)C(C#N)C2(c2ccccc2)CC1c1ccccc1. The Morgan fingerprint density at radius 1 is 0.935 bits per heavy atom. The number of nitrogens with one attached hydrogen (secondary N) is 1. The maximum Gasteiger partial charge on any atom is 0.334 e. The van der Waals surface area contributed by atoms with E-state index in [2.05, 4.69) is 6.07 Å². The number of sulfonamides is 1. The summed E-state index contributed by atoms with van der Waals surface area (Å²) in [6.45, 7) is 3.76. The number of ether oxygens (including phenoxy) is 1. The molecule has 4 aromatic rings. The number of fused-ring (bicyclic) bond motifs is 1. The molecule has 0 amide bonds. The topological polar surface area (TPSA) is 111 Å². The molecule has 0 saturated carbocycles. The summed E-state index contributed by atoms with van der Waals surface area (Å²) in [5, 5.41) is 20.5. The minimum atomic E-state index is -4.39. The van der Waals surface area contributed by atoms with E-state index in [1.165, 1.54) is 12.1 Å². The highest BCUT2D eigenvalue weighted by molar-refractivity contribution is 7.90. The van der Waals surface area contributed by atoms with Crippen molar-refractivity contribution in [2.45, 2.75) is 36.5 Å². The molecule has 6 rings (SSSR count). The second-order valence-electron chi connectivity index (χ2n) is 11.5. The largest absolute Gasteiger partial charge is 0.463 e. The molecule has 0 radical (unpaired) electrons. The molecule has 230 valence electrons. The maximum absolute atomic E-state index is 14.6. The van der Waals surface area contributed by atoms with E-state index in [-0.39, 0.29) is 29.5 Å². The standard InChI is InChI=1S/C38H33N3O4S/c1-3-45-37(42)31-23-33-35(28-15-9-5-10-16-28)41(46(43,44)30-21-19-26(2)20-22-30)36(40)34(25-39)38(33,29-17-11-6-12-18-29)24-32(31)27-13-7-4-8-14-27/h4-23,32,34,40H,3,24H2,1-2H3. The van der Waals surface area contributed by atoms with Gasteiger partial charge in [-0.2, -0.15) is 5.26 Å². The minimum absolute atomic E-state index is 0.00616. The van der Waals surface area contributed by atoms with Crippen LogP contribution in [0, 0.1) is 29.6 Å². The van der Waals surface area contributed by atoms with Crippen LogP contribution < -0.4 is 0 Å². The number of hydrogen-bond acceptors (Lipinski definition) is 6. The van der Waals surface area contributed by atoms with Crippen molar-refractivity contribution in [1.29, 1.82) is 10.7 Å². The summed E-state index contributed by atoms with van der Waals surface area (Å²) in [7, 11) is -4.39. The Bertz CT molecular complexity index is 2000. The number of nitriles is 1. The van der Waals surface area contributed by atoms with Crippen molar-refractivity contribution in [2.75, 3.05) is 6.61 Å². The van der Waals surface area contributed by atoms with Crippen LogP contribution in [0.4, 0.5) is 0 Å². The fourth-order valence-corrected chi connectivity index (χ4v) is 8.24. The molecule has 8 heteroatoms. The van der Waals surface area contributed by atoms with Crippen LogP contribution in [0.5, 0.6) is 0 Å². The molecule has 1 heterocycles. The lowest BCUT2D eigenvalue weighted by Crippen LogP contribution is -2.55. The third kappa shape index (κ3) is 5.03. The lowest BCUT2D eigenvalue weighted by atomic mass is 9.55. The van der Waals surface area contributed by atoms with E-state index in [0.29, 0.717) is 16.7 Å². The number of esters is 1. The van der Waals surface area contributed by atoms with Crippen LogP contribution in [0.25, 0.3) is 5.70 Å². The Hall–Kier alpha value is -5.26. The van der Waals surface area contributed by atoms with Crippen LogP contribution in [0.3, 0.4) is 0 Å². The summed E-state index contributed by atoms with van der Waals surface area (Å²) in [5.41, 5.74) is 2.90. The summed E-state index contributed by atoms with van der Waals surface area (Å²) in [6.07, 6.45) is 1.96. The van der Waals surface area contributed by atoms with Crippen LogP contribution >= 0.6 is 0 Å². The lowest BCUT2D eigenvalue weighted by Gasteiger charge is -2.51. The predicted molar refractivity (Wildman–Crippen MR) is 177 cm³/mol. The molecule has 1 aliphatic carbocycles. The van der Waals surface area contributed by atoms with Crippen LogP contribution in [0.1, 0.15) is 41.5 Å². The number of nitrogens with zero attached hydrogens (tertiary/aromatic N) is 2. The van der Waals surface area contributed by atoms with Gasteiger partial charge in [0, 0.05) is 16.9 Å². The van der Waals surface area contributed by atoms with Gasteiger partial charge in [0.2, 0.25) is 0 Å². The number of rotatable bonds is 7. The summed E-state index contributed by atoms with van der Waals surface area (Å²) in [6, 6.07) is 36.8. The number of carbonyl (C=O) groups is 1. The fraction of sp³-hybridized carbons (Fsp3) is 0.184. The van der Waals surface area contributed by atoms with Crippen LogP contribution in [0.15, 0.2) is 137 Å². The van der Waals surface area contributed by atoms with Gasteiger partial charge < -0.3 is 4.74 Å². The molecular formula is C38H33N3O4S. The van der Waals surface area contributed by atoms with Crippen molar-refractivity contribution in [1.82, 2.24) is 4.31 Å². The molecule has 0 fully saturated rings. The molecule has 0 saturated heterocycles. The molecule has 4 aromatic carbocycles. The second-order valence-corrected chi connectivity index (χ2v) is 13.3. The Morgan fingerprint density at radius 3 is 2.11 bits per heavy atom. The van der Waals surface area contributed by atoms with Crippen molar-refractivity contribution in [3.63, 3.8) is 0 Å².